The summed E-state index contributed by atoms with van der Waals surface area (Å²) >= 11 is 0. The molecular formula is C14H12O4. The van der Waals surface area contributed by atoms with Crippen molar-refractivity contribution < 1.29 is 18.7 Å². The molecule has 0 amide bonds. The van der Waals surface area contributed by atoms with Gasteiger partial charge in [-0.15, -0.1) is 0 Å². The molecule has 0 saturated carbocycles. The standard InChI is InChI=1S/C14H12O4/c1-17-11-6-4-10(5-7-11)12(15)9-13(16)14-3-2-8-18-14/h2-8H,9H2,1H3. The van der Waals surface area contributed by atoms with E-state index in [4.69, 9.17) is 9.15 Å². The largest absolute Gasteiger partial charge is 0.497 e. The summed E-state index contributed by atoms with van der Waals surface area (Å²) in [5.41, 5.74) is 0.482. The predicted octanol–water partition coefficient (Wildman–Crippen LogP) is 2.74. The minimum Gasteiger partial charge on any atom is -0.497 e. The third-order valence-corrected chi connectivity index (χ3v) is 2.53. The van der Waals surface area contributed by atoms with Crippen molar-refractivity contribution in [3.63, 3.8) is 0 Å². The van der Waals surface area contributed by atoms with Crippen LogP contribution in [-0.4, -0.2) is 18.7 Å². The molecule has 4 heteroatoms. The zero-order chi connectivity index (χ0) is 13.0. The first-order valence-corrected chi connectivity index (χ1v) is 5.44. The van der Waals surface area contributed by atoms with Gasteiger partial charge < -0.3 is 9.15 Å². The van der Waals surface area contributed by atoms with Gasteiger partial charge in [0.2, 0.25) is 5.78 Å². The van der Waals surface area contributed by atoms with Crippen LogP contribution in [0.15, 0.2) is 47.1 Å². The van der Waals surface area contributed by atoms with Gasteiger partial charge in [-0.05, 0) is 36.4 Å². The predicted molar refractivity (Wildman–Crippen MR) is 65.0 cm³/mol. The fourth-order valence-corrected chi connectivity index (χ4v) is 1.55. The van der Waals surface area contributed by atoms with Crippen molar-refractivity contribution in [1.82, 2.24) is 0 Å². The molecule has 0 aliphatic rings. The number of carbonyl (C=O) groups excluding carboxylic acids is 2. The van der Waals surface area contributed by atoms with Gasteiger partial charge in [0.15, 0.2) is 11.5 Å². The van der Waals surface area contributed by atoms with Crippen molar-refractivity contribution in [1.29, 1.82) is 0 Å². The topological polar surface area (TPSA) is 56.5 Å². The lowest BCUT2D eigenvalue weighted by molar-refractivity contribution is 0.0878. The molecule has 1 aromatic heterocycles. The van der Waals surface area contributed by atoms with Gasteiger partial charge in [0, 0.05) is 5.56 Å². The maximum atomic E-state index is 11.8. The van der Waals surface area contributed by atoms with E-state index in [9.17, 15) is 9.59 Å². The number of ketones is 2. The number of hydrogen-bond acceptors (Lipinski definition) is 4. The maximum Gasteiger partial charge on any atom is 0.205 e. The highest BCUT2D eigenvalue weighted by Crippen LogP contribution is 2.14. The number of rotatable bonds is 5. The lowest BCUT2D eigenvalue weighted by Crippen LogP contribution is -2.07. The molecule has 4 nitrogen and oxygen atoms in total. The molecule has 0 atom stereocenters. The van der Waals surface area contributed by atoms with Crippen LogP contribution in [0, 0.1) is 0 Å². The highest BCUT2D eigenvalue weighted by Gasteiger charge is 2.15. The molecule has 0 radical (unpaired) electrons. The van der Waals surface area contributed by atoms with Gasteiger partial charge in [-0.3, -0.25) is 9.59 Å². The van der Waals surface area contributed by atoms with E-state index in [1.54, 1.807) is 43.5 Å². The van der Waals surface area contributed by atoms with Gasteiger partial charge in [-0.1, -0.05) is 0 Å². The molecule has 1 aromatic carbocycles. The van der Waals surface area contributed by atoms with Crippen molar-refractivity contribution in [2.24, 2.45) is 0 Å². The fourth-order valence-electron chi connectivity index (χ4n) is 1.55. The monoisotopic (exact) mass is 244 g/mol. The lowest BCUT2D eigenvalue weighted by atomic mass is 10.1. The van der Waals surface area contributed by atoms with Crippen molar-refractivity contribution in [3.8, 4) is 5.75 Å². The third kappa shape index (κ3) is 2.66. The number of hydrogen-bond donors (Lipinski definition) is 0. The second kappa shape index (κ2) is 5.31. The van der Waals surface area contributed by atoms with Crippen LogP contribution < -0.4 is 4.74 Å². The van der Waals surface area contributed by atoms with E-state index in [-0.39, 0.29) is 23.7 Å². The van der Waals surface area contributed by atoms with E-state index in [1.165, 1.54) is 6.26 Å². The molecule has 0 aliphatic heterocycles. The first kappa shape index (κ1) is 12.1. The van der Waals surface area contributed by atoms with E-state index in [0.717, 1.165) is 0 Å². The second-order valence-corrected chi connectivity index (χ2v) is 3.73. The van der Waals surface area contributed by atoms with Crippen LogP contribution in [0.3, 0.4) is 0 Å². The van der Waals surface area contributed by atoms with E-state index in [0.29, 0.717) is 11.3 Å². The van der Waals surface area contributed by atoms with E-state index < -0.39 is 0 Å². The molecule has 0 N–H and O–H groups in total. The molecule has 0 fully saturated rings. The molecule has 0 bridgehead atoms. The number of benzene rings is 1. The highest BCUT2D eigenvalue weighted by atomic mass is 16.5. The SMILES string of the molecule is COc1ccc(C(=O)CC(=O)c2ccco2)cc1. The van der Waals surface area contributed by atoms with Crippen molar-refractivity contribution >= 4 is 11.6 Å². The van der Waals surface area contributed by atoms with Gasteiger partial charge in [0.1, 0.15) is 5.75 Å². The van der Waals surface area contributed by atoms with Crippen LogP contribution in [0.25, 0.3) is 0 Å². The first-order valence-electron chi connectivity index (χ1n) is 5.44. The van der Waals surface area contributed by atoms with Crippen LogP contribution in [0.5, 0.6) is 5.75 Å². The lowest BCUT2D eigenvalue weighted by Gasteiger charge is -2.02. The third-order valence-electron chi connectivity index (χ3n) is 2.53. The Labute approximate surface area is 104 Å². The Balaban J connectivity index is 2.05. The smallest absolute Gasteiger partial charge is 0.205 e. The first-order chi connectivity index (χ1) is 8.70. The number of Topliss-reactive ketones (excluding diaryl/α,β-unsaturated/α-hetero) is 2. The number of ether oxygens (including phenoxy) is 1. The van der Waals surface area contributed by atoms with E-state index in [2.05, 4.69) is 0 Å². The van der Waals surface area contributed by atoms with Crippen LogP contribution in [0.2, 0.25) is 0 Å². The Bertz CT molecular complexity index is 538. The minimum atomic E-state index is -0.319. The molecular weight excluding hydrogens is 232 g/mol. The van der Waals surface area contributed by atoms with E-state index >= 15 is 0 Å². The Morgan fingerprint density at radius 2 is 1.83 bits per heavy atom. The Morgan fingerprint density at radius 1 is 1.11 bits per heavy atom. The number of methoxy groups -OCH3 is 1. The number of furan rings is 1. The summed E-state index contributed by atoms with van der Waals surface area (Å²) in [6.45, 7) is 0. The van der Waals surface area contributed by atoms with Crippen molar-refractivity contribution in [2.75, 3.05) is 7.11 Å². The molecule has 92 valence electrons. The molecule has 0 spiro atoms. The average Bonchev–Trinajstić information content (AvgIpc) is 2.92. The molecule has 18 heavy (non-hydrogen) atoms. The fraction of sp³-hybridized carbons (Fsp3) is 0.143. The minimum absolute atomic E-state index is 0.195. The Kier molecular flexibility index (Phi) is 3.57. The Hall–Kier alpha value is -2.36. The average molecular weight is 244 g/mol. The highest BCUT2D eigenvalue weighted by molar-refractivity contribution is 6.12. The summed E-state index contributed by atoms with van der Waals surface area (Å²) in [5.74, 6) is 0.320. The normalized spacial score (nSPS) is 10.1. The van der Waals surface area contributed by atoms with E-state index in [1.807, 2.05) is 0 Å². The summed E-state index contributed by atoms with van der Waals surface area (Å²) in [6.07, 6.45) is 1.21. The molecule has 0 saturated heterocycles. The number of carbonyl (C=O) groups is 2. The van der Waals surface area contributed by atoms with Gasteiger partial charge in [0.25, 0.3) is 0 Å². The second-order valence-electron chi connectivity index (χ2n) is 3.73. The summed E-state index contributed by atoms with van der Waals surface area (Å²) in [6, 6.07) is 9.80. The zero-order valence-electron chi connectivity index (χ0n) is 9.88. The summed E-state index contributed by atoms with van der Waals surface area (Å²) < 4.78 is 9.94. The zero-order valence-corrected chi connectivity index (χ0v) is 9.88. The van der Waals surface area contributed by atoms with Gasteiger partial charge >= 0.3 is 0 Å². The Morgan fingerprint density at radius 3 is 2.39 bits per heavy atom. The van der Waals surface area contributed by atoms with Crippen molar-refractivity contribution in [2.45, 2.75) is 6.42 Å². The molecule has 0 aliphatic carbocycles. The van der Waals surface area contributed by atoms with Gasteiger partial charge in [-0.2, -0.15) is 0 Å². The molecule has 2 rings (SSSR count). The van der Waals surface area contributed by atoms with Gasteiger partial charge in [-0.25, -0.2) is 0 Å². The molecule has 1 heterocycles. The summed E-state index contributed by atoms with van der Waals surface area (Å²) in [4.78, 5) is 23.5. The van der Waals surface area contributed by atoms with Gasteiger partial charge in [0.05, 0.1) is 19.8 Å². The molecule has 0 unspecified atom stereocenters. The van der Waals surface area contributed by atoms with Crippen LogP contribution in [0.4, 0.5) is 0 Å². The van der Waals surface area contributed by atoms with Crippen LogP contribution in [-0.2, 0) is 0 Å². The quantitative estimate of drug-likeness (QED) is 0.599. The van der Waals surface area contributed by atoms with Crippen LogP contribution >= 0.6 is 0 Å². The van der Waals surface area contributed by atoms with Crippen molar-refractivity contribution in [3.05, 3.63) is 54.0 Å². The maximum absolute atomic E-state index is 11.8. The summed E-state index contributed by atoms with van der Waals surface area (Å²) in [7, 11) is 1.55. The summed E-state index contributed by atoms with van der Waals surface area (Å²) in [5, 5.41) is 0. The molecule has 2 aromatic rings. The van der Waals surface area contributed by atoms with Crippen LogP contribution in [0.1, 0.15) is 27.3 Å².